The van der Waals surface area contributed by atoms with Crippen molar-refractivity contribution in [1.82, 2.24) is 0 Å². The third-order valence-electron chi connectivity index (χ3n) is 1.97. The van der Waals surface area contributed by atoms with Crippen molar-refractivity contribution in [3.8, 4) is 12.3 Å². The second-order valence-corrected chi connectivity index (χ2v) is 3.54. The molecule has 0 atom stereocenters. The molecule has 0 rings (SSSR count). The van der Waals surface area contributed by atoms with Gasteiger partial charge in [-0.2, -0.15) is 0 Å². The molecule has 1 heteroatoms. The van der Waals surface area contributed by atoms with Crippen LogP contribution in [0.15, 0.2) is 0 Å². The van der Waals surface area contributed by atoms with Crippen LogP contribution in [-0.4, -0.2) is 5.75 Å². The van der Waals surface area contributed by atoms with E-state index in [4.69, 9.17) is 19.1 Å². The summed E-state index contributed by atoms with van der Waals surface area (Å²) in [6.07, 6.45) is 15.2. The molecule has 0 spiro atoms. The minimum atomic E-state index is 0.928. The van der Waals surface area contributed by atoms with Gasteiger partial charge in [-0.3, -0.25) is 0 Å². The highest BCUT2D eigenvalue weighted by molar-refractivity contribution is 7.80. The summed E-state index contributed by atoms with van der Waals surface area (Å²) in [4.78, 5) is 0. The van der Waals surface area contributed by atoms with Gasteiger partial charge >= 0.3 is 0 Å². The number of unbranched alkanes of at least 4 members (excludes halogenated alkanes) is 7. The van der Waals surface area contributed by atoms with E-state index in [0.717, 1.165) is 12.2 Å². The Labute approximate surface area is 82.5 Å². The van der Waals surface area contributed by atoms with E-state index in [2.05, 4.69) is 5.92 Å². The molecule has 0 heterocycles. The summed E-state index contributed by atoms with van der Waals surface area (Å²) in [5.74, 6) is 3.59. The van der Waals surface area contributed by atoms with Gasteiger partial charge in [-0.15, -0.1) is 12.3 Å². The fourth-order valence-corrected chi connectivity index (χ4v) is 1.42. The molecule has 0 aliphatic carbocycles. The van der Waals surface area contributed by atoms with Crippen LogP contribution in [0.2, 0.25) is 0 Å². The molecule has 0 saturated heterocycles. The molecule has 0 fully saturated rings. The van der Waals surface area contributed by atoms with Gasteiger partial charge in [0.1, 0.15) is 0 Å². The molecule has 0 aromatic heterocycles. The maximum Gasteiger partial charge on any atom is 0.00860 e. The quantitative estimate of drug-likeness (QED) is 0.395. The van der Waals surface area contributed by atoms with E-state index in [1.54, 1.807) is 0 Å². The summed E-state index contributed by atoms with van der Waals surface area (Å²) < 4.78 is 0. The van der Waals surface area contributed by atoms with Crippen LogP contribution < -0.4 is 0 Å². The molecule has 0 saturated carbocycles. The van der Waals surface area contributed by atoms with E-state index in [1.165, 1.54) is 44.9 Å². The summed E-state index contributed by atoms with van der Waals surface area (Å²) in [5, 5.41) is 0. The number of hydrogen-bond donors (Lipinski definition) is 0. The molecule has 0 aromatic carbocycles. The van der Waals surface area contributed by atoms with Crippen molar-refractivity contribution >= 4 is 12.6 Å². The fourth-order valence-electron chi connectivity index (χ4n) is 1.21. The zero-order valence-corrected chi connectivity index (χ0v) is 8.67. The molecule has 12 heavy (non-hydrogen) atoms. The molecular weight excluding hydrogens is 164 g/mol. The Bertz CT molecular complexity index is 113. The second kappa shape index (κ2) is 10.9. The first-order chi connectivity index (χ1) is 5.91. The Balaban J connectivity index is 2.78. The minimum absolute atomic E-state index is 0.928. The summed E-state index contributed by atoms with van der Waals surface area (Å²) >= 11 is 4.87. The van der Waals surface area contributed by atoms with Crippen molar-refractivity contribution in [3.63, 3.8) is 0 Å². The number of terminal acetylenes is 1. The topological polar surface area (TPSA) is 0 Å². The van der Waals surface area contributed by atoms with Gasteiger partial charge in [-0.05, 0) is 12.8 Å². The van der Waals surface area contributed by atoms with Gasteiger partial charge in [0.25, 0.3) is 0 Å². The van der Waals surface area contributed by atoms with Gasteiger partial charge in [0.15, 0.2) is 0 Å². The summed E-state index contributed by atoms with van der Waals surface area (Å²) in [6.45, 7) is 0. The first-order valence-electron chi connectivity index (χ1n) is 4.93. The standard InChI is InChI=1S/C11H19S/c1-2-3-4-5-6-7-8-9-10-11-12/h1H,3-11H2. The summed E-state index contributed by atoms with van der Waals surface area (Å²) in [6, 6.07) is 0. The van der Waals surface area contributed by atoms with Gasteiger partial charge in [0, 0.05) is 12.2 Å². The maximum absolute atomic E-state index is 5.15. The summed E-state index contributed by atoms with van der Waals surface area (Å²) in [7, 11) is 0. The van der Waals surface area contributed by atoms with E-state index in [9.17, 15) is 0 Å². The molecule has 69 valence electrons. The fraction of sp³-hybridized carbons (Fsp3) is 0.818. The predicted octanol–water partition coefficient (Wildman–Crippen LogP) is 3.94. The Morgan fingerprint density at radius 1 is 0.833 bits per heavy atom. The third kappa shape index (κ3) is 9.91. The SMILES string of the molecule is C#CCCCCCCCCC[S]. The molecule has 0 N–H and O–H groups in total. The van der Waals surface area contributed by atoms with Gasteiger partial charge in [-0.25, -0.2) is 0 Å². The summed E-state index contributed by atoms with van der Waals surface area (Å²) in [5.41, 5.74) is 0. The van der Waals surface area contributed by atoms with Crippen LogP contribution in [0.5, 0.6) is 0 Å². The van der Waals surface area contributed by atoms with Crippen LogP contribution in [-0.2, 0) is 0 Å². The average Bonchev–Trinajstić information content (AvgIpc) is 2.10. The highest BCUT2D eigenvalue weighted by Gasteiger charge is 1.89. The zero-order chi connectivity index (χ0) is 9.07. The van der Waals surface area contributed by atoms with Crippen molar-refractivity contribution in [2.24, 2.45) is 0 Å². The maximum atomic E-state index is 5.15. The number of hydrogen-bond acceptors (Lipinski definition) is 0. The normalized spacial score (nSPS) is 9.67. The second-order valence-electron chi connectivity index (χ2n) is 3.13. The Hall–Kier alpha value is -0.0900. The average molecular weight is 183 g/mol. The van der Waals surface area contributed by atoms with Crippen LogP contribution in [0, 0.1) is 12.3 Å². The lowest BCUT2D eigenvalue weighted by atomic mass is 10.1. The van der Waals surface area contributed by atoms with Gasteiger partial charge < -0.3 is 0 Å². The van der Waals surface area contributed by atoms with Crippen molar-refractivity contribution in [1.29, 1.82) is 0 Å². The van der Waals surface area contributed by atoms with Crippen molar-refractivity contribution in [2.75, 3.05) is 5.75 Å². The van der Waals surface area contributed by atoms with Gasteiger partial charge in [-0.1, -0.05) is 44.7 Å². The highest BCUT2D eigenvalue weighted by Crippen LogP contribution is 2.08. The van der Waals surface area contributed by atoms with E-state index < -0.39 is 0 Å². The van der Waals surface area contributed by atoms with E-state index in [1.807, 2.05) is 0 Å². The highest BCUT2D eigenvalue weighted by atomic mass is 32.1. The van der Waals surface area contributed by atoms with Gasteiger partial charge in [0.2, 0.25) is 0 Å². The molecule has 0 unspecified atom stereocenters. The zero-order valence-electron chi connectivity index (χ0n) is 7.85. The monoisotopic (exact) mass is 183 g/mol. The molecule has 0 nitrogen and oxygen atoms in total. The van der Waals surface area contributed by atoms with Crippen LogP contribution in [0.25, 0.3) is 0 Å². The molecular formula is C11H19S. The minimum Gasteiger partial charge on any atom is -0.120 e. The van der Waals surface area contributed by atoms with E-state index in [0.29, 0.717) is 0 Å². The molecule has 1 radical (unpaired) electrons. The number of rotatable bonds is 8. The lowest BCUT2D eigenvalue weighted by Gasteiger charge is -1.98. The lowest BCUT2D eigenvalue weighted by Crippen LogP contribution is -1.80. The lowest BCUT2D eigenvalue weighted by molar-refractivity contribution is 0.595. The molecule has 0 amide bonds. The van der Waals surface area contributed by atoms with Gasteiger partial charge in [0.05, 0.1) is 0 Å². The van der Waals surface area contributed by atoms with Crippen molar-refractivity contribution < 1.29 is 0 Å². The predicted molar refractivity (Wildman–Crippen MR) is 58.2 cm³/mol. The van der Waals surface area contributed by atoms with Crippen LogP contribution in [0.1, 0.15) is 51.4 Å². The molecule has 0 bridgehead atoms. The van der Waals surface area contributed by atoms with Crippen LogP contribution in [0.4, 0.5) is 0 Å². The Morgan fingerprint density at radius 3 is 1.83 bits per heavy atom. The largest absolute Gasteiger partial charge is 0.120 e. The van der Waals surface area contributed by atoms with Crippen LogP contribution in [0.3, 0.4) is 0 Å². The van der Waals surface area contributed by atoms with Crippen LogP contribution >= 0.6 is 12.6 Å². The van der Waals surface area contributed by atoms with E-state index >= 15 is 0 Å². The Morgan fingerprint density at radius 2 is 1.33 bits per heavy atom. The first-order valence-corrected chi connectivity index (χ1v) is 5.51. The third-order valence-corrected chi connectivity index (χ3v) is 2.25. The smallest absolute Gasteiger partial charge is 0.00860 e. The van der Waals surface area contributed by atoms with E-state index in [-0.39, 0.29) is 0 Å². The Kier molecular flexibility index (Phi) is 10.8. The van der Waals surface area contributed by atoms with Crippen molar-refractivity contribution in [3.05, 3.63) is 0 Å². The molecule has 0 aliphatic rings. The molecule has 0 aliphatic heterocycles. The first kappa shape index (κ1) is 11.9. The molecule has 0 aromatic rings. The van der Waals surface area contributed by atoms with Crippen molar-refractivity contribution in [2.45, 2.75) is 51.4 Å².